The lowest BCUT2D eigenvalue weighted by molar-refractivity contribution is 0.0139. The van der Waals surface area contributed by atoms with Crippen LogP contribution in [-0.2, 0) is 0 Å². The Balaban J connectivity index is 1.47. The Bertz CT molecular complexity index is 300. The molecule has 102 valence electrons. The van der Waals surface area contributed by atoms with Gasteiger partial charge < -0.3 is 5.32 Å². The van der Waals surface area contributed by atoms with E-state index in [1.54, 1.807) is 0 Å². The molecule has 1 heterocycles. The van der Waals surface area contributed by atoms with Crippen molar-refractivity contribution in [2.75, 3.05) is 19.6 Å². The summed E-state index contributed by atoms with van der Waals surface area (Å²) in [6.45, 7) is 4.08. The largest absolute Gasteiger partial charge is 0.311 e. The zero-order valence-electron chi connectivity index (χ0n) is 11.7. The average molecular weight is 248 g/mol. The maximum atomic E-state index is 3.91. The first-order valence-corrected chi connectivity index (χ1v) is 8.34. The molecule has 1 atom stereocenters. The number of rotatable bonds is 3. The molecule has 0 aromatic rings. The minimum absolute atomic E-state index is 0.570. The highest BCUT2D eigenvalue weighted by molar-refractivity contribution is 5.05. The summed E-state index contributed by atoms with van der Waals surface area (Å²) in [6, 6.07) is 0.830. The third kappa shape index (κ3) is 2.02. The number of nitrogens with zero attached hydrogens (tertiary/aromatic N) is 1. The van der Waals surface area contributed by atoms with Gasteiger partial charge in [-0.15, -0.1) is 0 Å². The van der Waals surface area contributed by atoms with E-state index in [0.717, 1.165) is 17.9 Å². The molecular formula is C16H28N2. The quantitative estimate of drug-likeness (QED) is 0.826. The summed E-state index contributed by atoms with van der Waals surface area (Å²) >= 11 is 0. The highest BCUT2D eigenvalue weighted by Gasteiger charge is 2.46. The second-order valence-electron chi connectivity index (χ2n) is 7.46. The van der Waals surface area contributed by atoms with Crippen molar-refractivity contribution in [2.24, 2.45) is 11.8 Å². The van der Waals surface area contributed by atoms with Gasteiger partial charge in [0.2, 0.25) is 0 Å². The molecule has 4 rings (SSSR count). The molecule has 4 fully saturated rings. The summed E-state index contributed by atoms with van der Waals surface area (Å²) in [4.78, 5) is 2.95. The van der Waals surface area contributed by atoms with Crippen LogP contribution in [0.4, 0.5) is 0 Å². The minimum atomic E-state index is 0.570. The Kier molecular flexibility index (Phi) is 2.92. The molecule has 1 N–H and O–H groups in total. The monoisotopic (exact) mass is 248 g/mol. The summed E-state index contributed by atoms with van der Waals surface area (Å²) in [5.74, 6) is 2.06. The highest BCUT2D eigenvalue weighted by Crippen LogP contribution is 2.42. The first-order chi connectivity index (χ1) is 8.86. The van der Waals surface area contributed by atoms with Crippen LogP contribution < -0.4 is 5.32 Å². The van der Waals surface area contributed by atoms with Crippen molar-refractivity contribution in [1.29, 1.82) is 0 Å². The van der Waals surface area contributed by atoms with Crippen molar-refractivity contribution in [1.82, 2.24) is 10.2 Å². The lowest BCUT2D eigenvalue weighted by Crippen LogP contribution is -2.65. The maximum absolute atomic E-state index is 3.91. The van der Waals surface area contributed by atoms with E-state index in [9.17, 15) is 0 Å². The van der Waals surface area contributed by atoms with E-state index in [4.69, 9.17) is 0 Å². The van der Waals surface area contributed by atoms with Crippen LogP contribution in [0.1, 0.15) is 57.8 Å². The zero-order chi connectivity index (χ0) is 12.0. The molecule has 3 aliphatic carbocycles. The Morgan fingerprint density at radius 2 is 1.78 bits per heavy atom. The van der Waals surface area contributed by atoms with Gasteiger partial charge >= 0.3 is 0 Å². The molecule has 2 nitrogen and oxygen atoms in total. The molecule has 4 aliphatic rings. The van der Waals surface area contributed by atoms with Gasteiger partial charge in [-0.1, -0.05) is 19.3 Å². The fraction of sp³-hybridized carbons (Fsp3) is 1.00. The number of nitrogens with one attached hydrogen (secondary N) is 1. The van der Waals surface area contributed by atoms with E-state index in [1.165, 1.54) is 77.4 Å². The van der Waals surface area contributed by atoms with Gasteiger partial charge in [-0.3, -0.25) is 4.90 Å². The maximum Gasteiger partial charge on any atom is 0.0334 e. The second kappa shape index (κ2) is 4.49. The first kappa shape index (κ1) is 11.7. The Hall–Kier alpha value is -0.0800. The SMILES string of the molecule is C1CC(CN2CC(C3CC3)NCC23CCCC3)C1. The predicted molar refractivity (Wildman–Crippen MR) is 74.6 cm³/mol. The summed E-state index contributed by atoms with van der Waals surface area (Å²) in [6.07, 6.45) is 13.4. The lowest BCUT2D eigenvalue weighted by Gasteiger charge is -2.50. The Morgan fingerprint density at radius 1 is 1.00 bits per heavy atom. The van der Waals surface area contributed by atoms with Gasteiger partial charge in [0.1, 0.15) is 0 Å². The fourth-order valence-corrected chi connectivity index (χ4v) is 4.52. The minimum Gasteiger partial charge on any atom is -0.311 e. The van der Waals surface area contributed by atoms with Crippen LogP contribution in [0, 0.1) is 11.8 Å². The molecule has 0 amide bonds. The van der Waals surface area contributed by atoms with Gasteiger partial charge in [-0.2, -0.15) is 0 Å². The van der Waals surface area contributed by atoms with Gasteiger partial charge in [0, 0.05) is 31.2 Å². The van der Waals surface area contributed by atoms with Crippen LogP contribution >= 0.6 is 0 Å². The molecule has 1 aliphatic heterocycles. The number of hydrogen-bond donors (Lipinski definition) is 1. The topological polar surface area (TPSA) is 15.3 Å². The molecule has 2 heteroatoms. The molecule has 0 aromatic heterocycles. The molecule has 18 heavy (non-hydrogen) atoms. The van der Waals surface area contributed by atoms with Crippen LogP contribution in [0.2, 0.25) is 0 Å². The second-order valence-corrected chi connectivity index (χ2v) is 7.46. The van der Waals surface area contributed by atoms with E-state index in [1.807, 2.05) is 0 Å². The van der Waals surface area contributed by atoms with Crippen molar-refractivity contribution >= 4 is 0 Å². The molecule has 0 bridgehead atoms. The normalized spacial score (nSPS) is 37.0. The summed E-state index contributed by atoms with van der Waals surface area (Å²) < 4.78 is 0. The van der Waals surface area contributed by atoms with Crippen molar-refractivity contribution in [3.63, 3.8) is 0 Å². The van der Waals surface area contributed by atoms with E-state index in [-0.39, 0.29) is 0 Å². The Morgan fingerprint density at radius 3 is 2.39 bits per heavy atom. The molecule has 3 saturated carbocycles. The van der Waals surface area contributed by atoms with Gasteiger partial charge in [0.15, 0.2) is 0 Å². The van der Waals surface area contributed by atoms with Crippen molar-refractivity contribution in [3.05, 3.63) is 0 Å². The van der Waals surface area contributed by atoms with Gasteiger partial charge in [-0.25, -0.2) is 0 Å². The predicted octanol–water partition coefficient (Wildman–Crippen LogP) is 2.78. The molecular weight excluding hydrogens is 220 g/mol. The van der Waals surface area contributed by atoms with E-state index in [2.05, 4.69) is 10.2 Å². The molecule has 0 radical (unpaired) electrons. The molecule has 1 spiro atoms. The van der Waals surface area contributed by atoms with Crippen molar-refractivity contribution in [2.45, 2.75) is 69.4 Å². The van der Waals surface area contributed by atoms with E-state index >= 15 is 0 Å². The first-order valence-electron chi connectivity index (χ1n) is 8.34. The third-order valence-corrected chi connectivity index (χ3v) is 6.21. The zero-order valence-corrected chi connectivity index (χ0v) is 11.7. The van der Waals surface area contributed by atoms with Crippen LogP contribution in [-0.4, -0.2) is 36.1 Å². The highest BCUT2D eigenvalue weighted by atomic mass is 15.3. The molecule has 1 saturated heterocycles. The number of hydrogen-bond acceptors (Lipinski definition) is 2. The average Bonchev–Trinajstić information content (AvgIpc) is 3.07. The van der Waals surface area contributed by atoms with Crippen LogP contribution in [0.25, 0.3) is 0 Å². The lowest BCUT2D eigenvalue weighted by atomic mass is 9.82. The molecule has 1 unspecified atom stereocenters. The van der Waals surface area contributed by atoms with Crippen molar-refractivity contribution < 1.29 is 0 Å². The van der Waals surface area contributed by atoms with Gasteiger partial charge in [-0.05, 0) is 50.4 Å². The molecule has 0 aromatic carbocycles. The van der Waals surface area contributed by atoms with Crippen LogP contribution in [0.3, 0.4) is 0 Å². The van der Waals surface area contributed by atoms with Gasteiger partial charge in [0.25, 0.3) is 0 Å². The van der Waals surface area contributed by atoms with E-state index in [0.29, 0.717) is 5.54 Å². The third-order valence-electron chi connectivity index (χ3n) is 6.21. The summed E-state index contributed by atoms with van der Waals surface area (Å²) in [7, 11) is 0. The summed E-state index contributed by atoms with van der Waals surface area (Å²) in [5, 5.41) is 3.91. The number of piperazine rings is 1. The van der Waals surface area contributed by atoms with E-state index < -0.39 is 0 Å². The smallest absolute Gasteiger partial charge is 0.0334 e. The van der Waals surface area contributed by atoms with Gasteiger partial charge in [0.05, 0.1) is 0 Å². The fourth-order valence-electron chi connectivity index (χ4n) is 4.52. The Labute approximate surface area is 111 Å². The summed E-state index contributed by atoms with van der Waals surface area (Å²) in [5.41, 5.74) is 0.570. The van der Waals surface area contributed by atoms with Crippen molar-refractivity contribution in [3.8, 4) is 0 Å². The van der Waals surface area contributed by atoms with Crippen LogP contribution in [0.15, 0.2) is 0 Å². The standard InChI is InChI=1S/C16H28N2/c1-2-9-16(8-1)12-17-15(14-6-7-14)11-18(16)10-13-4-3-5-13/h13-15,17H,1-12H2. The van der Waals surface area contributed by atoms with Crippen LogP contribution in [0.5, 0.6) is 0 Å².